The summed E-state index contributed by atoms with van der Waals surface area (Å²) < 4.78 is 4.68. The van der Waals surface area contributed by atoms with Gasteiger partial charge in [0.2, 0.25) is 5.91 Å². The molecule has 0 spiro atoms. The number of halogens is 1. The third-order valence-corrected chi connectivity index (χ3v) is 6.45. The Bertz CT molecular complexity index is 1160. The van der Waals surface area contributed by atoms with E-state index in [4.69, 9.17) is 16.6 Å². The summed E-state index contributed by atoms with van der Waals surface area (Å²) in [5.74, 6) is -0.134. The van der Waals surface area contributed by atoms with Crippen LogP contribution in [0.15, 0.2) is 54.7 Å². The molecule has 0 saturated carbocycles. The Labute approximate surface area is 204 Å². The Morgan fingerprint density at radius 3 is 2.35 bits per heavy atom. The number of rotatable bonds is 7. The number of hydrogen-bond acceptors (Lipinski definition) is 5. The normalized spacial score (nSPS) is 13.8. The largest absolute Gasteiger partial charge is 0.469 e. The maximum atomic E-state index is 12.7. The number of esters is 1. The Kier molecular flexibility index (Phi) is 7.58. The first-order valence-corrected chi connectivity index (χ1v) is 11.8. The summed E-state index contributed by atoms with van der Waals surface area (Å²) in [5, 5.41) is 0.755. The molecule has 7 heteroatoms. The minimum atomic E-state index is -0.410. The van der Waals surface area contributed by atoms with Crippen molar-refractivity contribution in [3.8, 4) is 11.4 Å². The fraction of sp³-hybridized carbons (Fsp3) is 0.333. The molecular formula is C27H28ClN3O3. The molecule has 4 rings (SSSR count). The Balaban J connectivity index is 1.38. The highest BCUT2D eigenvalue weighted by molar-refractivity contribution is 6.30. The number of fused-ring (bicyclic) bond motifs is 1. The van der Waals surface area contributed by atoms with Gasteiger partial charge >= 0.3 is 5.97 Å². The lowest BCUT2D eigenvalue weighted by molar-refractivity contribution is -0.146. The van der Waals surface area contributed by atoms with Gasteiger partial charge in [-0.25, -0.2) is 9.97 Å². The van der Waals surface area contributed by atoms with E-state index in [0.717, 1.165) is 34.7 Å². The van der Waals surface area contributed by atoms with Crippen LogP contribution in [-0.4, -0.2) is 40.4 Å². The van der Waals surface area contributed by atoms with Crippen molar-refractivity contribution in [2.45, 2.75) is 39.2 Å². The second-order valence-corrected chi connectivity index (χ2v) is 9.12. The number of nitrogens with zero attached hydrogens (tertiary/aromatic N) is 3. The van der Waals surface area contributed by atoms with Crippen molar-refractivity contribution in [2.75, 3.05) is 13.7 Å². The maximum Gasteiger partial charge on any atom is 0.306 e. The van der Waals surface area contributed by atoms with Crippen LogP contribution in [0.5, 0.6) is 0 Å². The zero-order valence-corrected chi connectivity index (χ0v) is 20.2. The number of ether oxygens (including phenoxy) is 1. The molecule has 0 bridgehead atoms. The van der Waals surface area contributed by atoms with E-state index in [9.17, 15) is 9.59 Å². The molecule has 0 saturated heterocycles. The van der Waals surface area contributed by atoms with E-state index in [1.807, 2.05) is 18.3 Å². The highest BCUT2D eigenvalue weighted by atomic mass is 35.5. The third kappa shape index (κ3) is 5.81. The molecule has 1 atom stereocenters. The van der Waals surface area contributed by atoms with Gasteiger partial charge in [0.1, 0.15) is 0 Å². The third-order valence-electron chi connectivity index (χ3n) is 6.20. The van der Waals surface area contributed by atoms with Gasteiger partial charge in [-0.3, -0.25) is 9.59 Å². The first-order valence-electron chi connectivity index (χ1n) is 11.5. The predicted octanol–water partition coefficient (Wildman–Crippen LogP) is 4.67. The smallest absolute Gasteiger partial charge is 0.306 e. The van der Waals surface area contributed by atoms with Gasteiger partial charge in [0.05, 0.1) is 19.2 Å². The maximum absolute atomic E-state index is 12.7. The predicted molar refractivity (Wildman–Crippen MR) is 131 cm³/mol. The van der Waals surface area contributed by atoms with E-state index in [-0.39, 0.29) is 18.3 Å². The standard InChI is InChI=1S/C27H28ClN3O3/c1-18(15-25(32)34-2)27(33)31-14-13-24-22(17-31)16-29-26(30-24)21-9-5-19(6-10-21)3-4-20-7-11-23(28)12-8-20/h5-12,16,18H,3-4,13-15,17H2,1-2H3. The highest BCUT2D eigenvalue weighted by Gasteiger charge is 2.27. The zero-order chi connectivity index (χ0) is 24.1. The molecule has 2 aromatic carbocycles. The van der Waals surface area contributed by atoms with Crippen molar-refractivity contribution >= 4 is 23.5 Å². The Hall–Kier alpha value is -3.25. The quantitative estimate of drug-likeness (QED) is 0.462. The number of carbonyl (C=O) groups excluding carboxylic acids is 2. The second-order valence-electron chi connectivity index (χ2n) is 8.68. The van der Waals surface area contributed by atoms with Crippen LogP contribution in [-0.2, 0) is 40.1 Å². The van der Waals surface area contributed by atoms with Crippen LogP contribution >= 0.6 is 11.6 Å². The molecule has 1 aromatic heterocycles. The molecule has 0 N–H and O–H groups in total. The summed E-state index contributed by atoms with van der Waals surface area (Å²) in [6, 6.07) is 16.3. The lowest BCUT2D eigenvalue weighted by Crippen LogP contribution is -2.40. The fourth-order valence-electron chi connectivity index (χ4n) is 4.14. The van der Waals surface area contributed by atoms with E-state index >= 15 is 0 Å². The topological polar surface area (TPSA) is 72.4 Å². The van der Waals surface area contributed by atoms with Crippen LogP contribution in [0.25, 0.3) is 11.4 Å². The van der Waals surface area contributed by atoms with Gasteiger partial charge in [-0.05, 0) is 36.1 Å². The average molecular weight is 478 g/mol. The summed E-state index contributed by atoms with van der Waals surface area (Å²) in [4.78, 5) is 35.3. The SMILES string of the molecule is COC(=O)CC(C)C(=O)N1CCc2nc(-c3ccc(CCc4ccc(Cl)cc4)cc3)ncc2C1. The van der Waals surface area contributed by atoms with Crippen LogP contribution < -0.4 is 0 Å². The van der Waals surface area contributed by atoms with E-state index < -0.39 is 5.92 Å². The van der Waals surface area contributed by atoms with E-state index in [1.165, 1.54) is 18.2 Å². The number of methoxy groups -OCH3 is 1. The van der Waals surface area contributed by atoms with Crippen LogP contribution in [0.2, 0.25) is 5.02 Å². The van der Waals surface area contributed by atoms with E-state index in [1.54, 1.807) is 11.8 Å². The van der Waals surface area contributed by atoms with Crippen molar-refractivity contribution in [2.24, 2.45) is 5.92 Å². The van der Waals surface area contributed by atoms with Crippen molar-refractivity contribution in [3.05, 3.63) is 82.1 Å². The monoisotopic (exact) mass is 477 g/mol. The van der Waals surface area contributed by atoms with Crippen molar-refractivity contribution in [3.63, 3.8) is 0 Å². The molecule has 0 fully saturated rings. The number of aryl methyl sites for hydroxylation is 2. The van der Waals surface area contributed by atoms with Crippen molar-refractivity contribution in [1.29, 1.82) is 0 Å². The Morgan fingerprint density at radius 1 is 1.06 bits per heavy atom. The van der Waals surface area contributed by atoms with Gasteiger partial charge in [-0.2, -0.15) is 0 Å². The van der Waals surface area contributed by atoms with Crippen LogP contribution in [0.4, 0.5) is 0 Å². The molecule has 1 aliphatic heterocycles. The summed E-state index contributed by atoms with van der Waals surface area (Å²) in [6.45, 7) is 2.80. The van der Waals surface area contributed by atoms with E-state index in [2.05, 4.69) is 46.1 Å². The molecule has 176 valence electrons. The molecule has 3 aromatic rings. The molecular weight excluding hydrogens is 450 g/mol. The molecule has 0 aliphatic carbocycles. The minimum Gasteiger partial charge on any atom is -0.469 e. The summed E-state index contributed by atoms with van der Waals surface area (Å²) in [7, 11) is 1.33. The number of amides is 1. The van der Waals surface area contributed by atoms with Gasteiger partial charge in [0.25, 0.3) is 0 Å². The van der Waals surface area contributed by atoms with Gasteiger partial charge in [0, 0.05) is 47.8 Å². The number of aromatic nitrogens is 2. The number of carbonyl (C=O) groups is 2. The molecule has 1 amide bonds. The second kappa shape index (κ2) is 10.8. The molecule has 6 nitrogen and oxygen atoms in total. The van der Waals surface area contributed by atoms with E-state index in [0.29, 0.717) is 25.3 Å². The molecule has 2 heterocycles. The first kappa shape index (κ1) is 23.9. The fourth-order valence-corrected chi connectivity index (χ4v) is 4.26. The van der Waals surface area contributed by atoms with Crippen molar-refractivity contribution in [1.82, 2.24) is 14.9 Å². The minimum absolute atomic E-state index is 0.0469. The Morgan fingerprint density at radius 2 is 1.71 bits per heavy atom. The van der Waals surface area contributed by atoms with Crippen LogP contribution in [0, 0.1) is 5.92 Å². The van der Waals surface area contributed by atoms with Gasteiger partial charge in [-0.15, -0.1) is 0 Å². The molecule has 1 aliphatic rings. The first-order chi connectivity index (χ1) is 16.4. The lowest BCUT2D eigenvalue weighted by Gasteiger charge is -2.30. The zero-order valence-electron chi connectivity index (χ0n) is 19.5. The highest BCUT2D eigenvalue weighted by Crippen LogP contribution is 2.23. The average Bonchev–Trinajstić information content (AvgIpc) is 2.87. The molecule has 34 heavy (non-hydrogen) atoms. The van der Waals surface area contributed by atoms with Gasteiger partial charge in [0.15, 0.2) is 5.82 Å². The summed E-state index contributed by atoms with van der Waals surface area (Å²) in [6.07, 6.45) is 4.48. The summed E-state index contributed by atoms with van der Waals surface area (Å²) in [5.41, 5.74) is 5.42. The van der Waals surface area contributed by atoms with Crippen LogP contribution in [0.3, 0.4) is 0 Å². The molecule has 1 unspecified atom stereocenters. The number of benzene rings is 2. The molecule has 0 radical (unpaired) electrons. The summed E-state index contributed by atoms with van der Waals surface area (Å²) >= 11 is 5.96. The van der Waals surface area contributed by atoms with Gasteiger partial charge in [-0.1, -0.05) is 54.9 Å². The van der Waals surface area contributed by atoms with Crippen LogP contribution in [0.1, 0.15) is 35.7 Å². The van der Waals surface area contributed by atoms with Gasteiger partial charge < -0.3 is 9.64 Å². The van der Waals surface area contributed by atoms with Crippen molar-refractivity contribution < 1.29 is 14.3 Å². The lowest BCUT2D eigenvalue weighted by atomic mass is 10.0. The number of hydrogen-bond donors (Lipinski definition) is 0.